The Morgan fingerprint density at radius 3 is 2.68 bits per heavy atom. The number of hydrogen-bond acceptors (Lipinski definition) is 4. The predicted octanol–water partition coefficient (Wildman–Crippen LogP) is 2.24. The van der Waals surface area contributed by atoms with E-state index in [1.54, 1.807) is 24.3 Å². The third kappa shape index (κ3) is 4.05. The average molecular weight is 299 g/mol. The lowest BCUT2D eigenvalue weighted by atomic mass is 10.1. The van der Waals surface area contributed by atoms with Gasteiger partial charge in [0.25, 0.3) is 5.91 Å². The number of anilines is 1. The van der Waals surface area contributed by atoms with Crippen LogP contribution in [-0.2, 0) is 4.79 Å². The molecule has 6 nitrogen and oxygen atoms in total. The van der Waals surface area contributed by atoms with Crippen LogP contribution < -0.4 is 10.6 Å². The van der Waals surface area contributed by atoms with Crippen molar-refractivity contribution in [2.24, 2.45) is 0 Å². The normalized spacial score (nSPS) is 11.5. The molecular formula is C16H17N3O3. The number of carbonyl (C=O) groups is 2. The van der Waals surface area contributed by atoms with E-state index in [0.717, 1.165) is 5.56 Å². The van der Waals surface area contributed by atoms with Gasteiger partial charge in [-0.1, -0.05) is 12.1 Å². The van der Waals surface area contributed by atoms with Gasteiger partial charge in [0.05, 0.1) is 6.04 Å². The highest BCUT2D eigenvalue weighted by molar-refractivity contribution is 5.96. The number of phenols is 1. The van der Waals surface area contributed by atoms with Crippen molar-refractivity contribution >= 4 is 17.6 Å². The highest BCUT2D eigenvalue weighted by Crippen LogP contribution is 2.18. The van der Waals surface area contributed by atoms with Gasteiger partial charge in [0, 0.05) is 18.7 Å². The van der Waals surface area contributed by atoms with E-state index in [9.17, 15) is 14.7 Å². The lowest BCUT2D eigenvalue weighted by Gasteiger charge is -2.15. The number of phenolic OH excluding ortho intramolecular Hbond substituents is 1. The minimum absolute atomic E-state index is 0.149. The van der Waals surface area contributed by atoms with Gasteiger partial charge in [-0.05, 0) is 36.8 Å². The number of rotatable bonds is 4. The fourth-order valence-corrected chi connectivity index (χ4v) is 1.98. The van der Waals surface area contributed by atoms with Crippen LogP contribution in [0.1, 0.15) is 35.8 Å². The first kappa shape index (κ1) is 15.5. The van der Waals surface area contributed by atoms with Crippen LogP contribution >= 0.6 is 0 Å². The molecule has 6 heteroatoms. The van der Waals surface area contributed by atoms with Crippen molar-refractivity contribution < 1.29 is 14.7 Å². The van der Waals surface area contributed by atoms with Crippen LogP contribution in [-0.4, -0.2) is 21.9 Å². The third-order valence-corrected chi connectivity index (χ3v) is 3.04. The fraction of sp³-hybridized carbons (Fsp3) is 0.188. The van der Waals surface area contributed by atoms with Gasteiger partial charge in [0.2, 0.25) is 5.91 Å². The summed E-state index contributed by atoms with van der Waals surface area (Å²) in [5.74, 6) is -0.0661. The van der Waals surface area contributed by atoms with Crippen LogP contribution in [0.2, 0.25) is 0 Å². The zero-order valence-corrected chi connectivity index (χ0v) is 12.3. The van der Waals surface area contributed by atoms with E-state index in [4.69, 9.17) is 0 Å². The Balaban J connectivity index is 2.10. The molecule has 0 aliphatic heterocycles. The Hall–Kier alpha value is -2.89. The molecule has 2 aromatic rings. The van der Waals surface area contributed by atoms with Crippen molar-refractivity contribution in [2.75, 3.05) is 5.32 Å². The maximum absolute atomic E-state index is 12.2. The summed E-state index contributed by atoms with van der Waals surface area (Å²) in [6.07, 6.45) is 1.46. The second kappa shape index (κ2) is 6.71. The number of hydrogen-bond donors (Lipinski definition) is 3. The number of carbonyl (C=O) groups excluding carboxylic acids is 2. The lowest BCUT2D eigenvalue weighted by molar-refractivity contribution is -0.114. The summed E-state index contributed by atoms with van der Waals surface area (Å²) in [6, 6.07) is 9.51. The second-order valence-electron chi connectivity index (χ2n) is 4.90. The van der Waals surface area contributed by atoms with E-state index < -0.39 is 0 Å². The molecule has 0 saturated heterocycles. The Bertz CT molecular complexity index is 701. The van der Waals surface area contributed by atoms with Gasteiger partial charge in [0.1, 0.15) is 11.6 Å². The molecule has 0 aliphatic rings. The standard InChI is InChI=1S/C16H17N3O3/c1-10(12-4-3-5-14(21)8-12)18-16(22)13-6-7-17-15(9-13)19-11(2)20/h3-10,21H,1-2H3,(H,18,22)(H,17,19,20). The molecule has 0 fully saturated rings. The first-order valence-electron chi connectivity index (χ1n) is 6.79. The van der Waals surface area contributed by atoms with Gasteiger partial charge in [0.15, 0.2) is 0 Å². The highest BCUT2D eigenvalue weighted by atomic mass is 16.3. The zero-order valence-electron chi connectivity index (χ0n) is 12.3. The summed E-state index contributed by atoms with van der Waals surface area (Å²) < 4.78 is 0. The molecule has 2 amide bonds. The van der Waals surface area contributed by atoms with Crippen molar-refractivity contribution in [3.63, 3.8) is 0 Å². The molecule has 3 N–H and O–H groups in total. The molecular weight excluding hydrogens is 282 g/mol. The van der Waals surface area contributed by atoms with Crippen molar-refractivity contribution in [3.8, 4) is 5.75 Å². The maximum atomic E-state index is 12.2. The van der Waals surface area contributed by atoms with Crippen LogP contribution in [0.15, 0.2) is 42.6 Å². The van der Waals surface area contributed by atoms with E-state index >= 15 is 0 Å². The maximum Gasteiger partial charge on any atom is 0.251 e. The van der Waals surface area contributed by atoms with E-state index in [-0.39, 0.29) is 23.6 Å². The van der Waals surface area contributed by atoms with Gasteiger partial charge in [-0.2, -0.15) is 0 Å². The van der Waals surface area contributed by atoms with Gasteiger partial charge in [-0.15, -0.1) is 0 Å². The van der Waals surface area contributed by atoms with Crippen molar-refractivity contribution in [3.05, 3.63) is 53.7 Å². The summed E-state index contributed by atoms with van der Waals surface area (Å²) in [5, 5.41) is 14.8. The van der Waals surface area contributed by atoms with Crippen LogP contribution in [0, 0.1) is 0 Å². The molecule has 1 aromatic heterocycles. The van der Waals surface area contributed by atoms with Crippen LogP contribution in [0.25, 0.3) is 0 Å². The van der Waals surface area contributed by atoms with E-state index in [0.29, 0.717) is 11.4 Å². The van der Waals surface area contributed by atoms with Crippen LogP contribution in [0.4, 0.5) is 5.82 Å². The van der Waals surface area contributed by atoms with E-state index in [1.807, 2.05) is 13.0 Å². The number of nitrogens with one attached hydrogen (secondary N) is 2. The Morgan fingerprint density at radius 1 is 1.23 bits per heavy atom. The minimum atomic E-state index is -0.287. The molecule has 0 spiro atoms. The SMILES string of the molecule is CC(=O)Nc1cc(C(=O)NC(C)c2cccc(O)c2)ccn1. The molecule has 1 atom stereocenters. The summed E-state index contributed by atoms with van der Waals surface area (Å²) in [7, 11) is 0. The molecule has 22 heavy (non-hydrogen) atoms. The smallest absolute Gasteiger partial charge is 0.251 e. The Kier molecular flexibility index (Phi) is 4.73. The van der Waals surface area contributed by atoms with Crippen molar-refractivity contribution in [2.45, 2.75) is 19.9 Å². The minimum Gasteiger partial charge on any atom is -0.508 e. The van der Waals surface area contributed by atoms with Gasteiger partial charge in [-0.25, -0.2) is 4.98 Å². The van der Waals surface area contributed by atoms with Gasteiger partial charge >= 0.3 is 0 Å². The first-order chi connectivity index (χ1) is 10.5. The monoisotopic (exact) mass is 299 g/mol. The zero-order chi connectivity index (χ0) is 16.1. The average Bonchev–Trinajstić information content (AvgIpc) is 2.46. The summed E-state index contributed by atoms with van der Waals surface area (Å²) in [4.78, 5) is 27.2. The fourth-order valence-electron chi connectivity index (χ4n) is 1.98. The quantitative estimate of drug-likeness (QED) is 0.807. The van der Waals surface area contributed by atoms with Crippen LogP contribution in [0.5, 0.6) is 5.75 Å². The largest absolute Gasteiger partial charge is 0.508 e. The molecule has 1 heterocycles. The molecule has 2 rings (SSSR count). The summed E-state index contributed by atoms with van der Waals surface area (Å²) in [5.41, 5.74) is 1.19. The first-order valence-corrected chi connectivity index (χ1v) is 6.79. The number of nitrogens with zero attached hydrogens (tertiary/aromatic N) is 1. The molecule has 0 aliphatic carbocycles. The number of benzene rings is 1. The molecule has 0 saturated carbocycles. The summed E-state index contributed by atoms with van der Waals surface area (Å²) >= 11 is 0. The molecule has 1 aromatic carbocycles. The Morgan fingerprint density at radius 2 is 2.00 bits per heavy atom. The van der Waals surface area contributed by atoms with Crippen LogP contribution in [0.3, 0.4) is 0 Å². The number of aromatic hydroxyl groups is 1. The topological polar surface area (TPSA) is 91.3 Å². The predicted molar refractivity (Wildman–Crippen MR) is 82.5 cm³/mol. The number of aromatic nitrogens is 1. The molecule has 0 bridgehead atoms. The Labute approximate surface area is 128 Å². The highest BCUT2D eigenvalue weighted by Gasteiger charge is 2.12. The molecule has 114 valence electrons. The molecule has 1 unspecified atom stereocenters. The number of amides is 2. The van der Waals surface area contributed by atoms with E-state index in [2.05, 4.69) is 15.6 Å². The third-order valence-electron chi connectivity index (χ3n) is 3.04. The molecule has 0 radical (unpaired) electrons. The van der Waals surface area contributed by atoms with Crippen molar-refractivity contribution in [1.82, 2.24) is 10.3 Å². The van der Waals surface area contributed by atoms with E-state index in [1.165, 1.54) is 19.2 Å². The lowest BCUT2D eigenvalue weighted by Crippen LogP contribution is -2.26. The van der Waals surface area contributed by atoms with Gasteiger partial charge in [-0.3, -0.25) is 9.59 Å². The van der Waals surface area contributed by atoms with Gasteiger partial charge < -0.3 is 15.7 Å². The van der Waals surface area contributed by atoms with Crippen molar-refractivity contribution in [1.29, 1.82) is 0 Å². The second-order valence-corrected chi connectivity index (χ2v) is 4.90. The summed E-state index contributed by atoms with van der Waals surface area (Å²) in [6.45, 7) is 3.20. The number of pyridine rings is 1.